The first-order valence-corrected chi connectivity index (χ1v) is 8.54. The largest absolute Gasteiger partial charge is 0.481 e. The fraction of sp³-hybridized carbons (Fsp3) is 0.444. The number of benzene rings is 1. The molecule has 2 atom stereocenters. The van der Waals surface area contributed by atoms with E-state index in [0.717, 1.165) is 18.2 Å². The molecule has 0 radical (unpaired) electrons. The summed E-state index contributed by atoms with van der Waals surface area (Å²) < 4.78 is 5.73. The number of halogens is 1. The van der Waals surface area contributed by atoms with Gasteiger partial charge in [-0.3, -0.25) is 9.78 Å². The van der Waals surface area contributed by atoms with E-state index in [2.05, 4.69) is 4.98 Å². The van der Waals surface area contributed by atoms with Crippen LogP contribution in [-0.2, 0) is 4.79 Å². The number of carbonyl (C=O) groups excluding carboxylic acids is 1. The first-order chi connectivity index (χ1) is 11.6. The lowest BCUT2D eigenvalue weighted by atomic mass is 9.94. The van der Waals surface area contributed by atoms with Crippen LogP contribution in [0.3, 0.4) is 0 Å². The van der Waals surface area contributed by atoms with Crippen molar-refractivity contribution in [3.05, 3.63) is 35.5 Å². The zero-order valence-electron chi connectivity index (χ0n) is 13.6. The minimum atomic E-state index is -0.0697. The normalized spacial score (nSPS) is 21.0. The van der Waals surface area contributed by atoms with Gasteiger partial charge in [-0.1, -0.05) is 11.6 Å². The van der Waals surface area contributed by atoms with Crippen LogP contribution in [0, 0.1) is 5.92 Å². The maximum absolute atomic E-state index is 12.5. The van der Waals surface area contributed by atoms with Gasteiger partial charge in [-0.2, -0.15) is 0 Å². The van der Waals surface area contributed by atoms with Gasteiger partial charge in [-0.15, -0.1) is 0 Å². The molecule has 0 saturated carbocycles. The van der Waals surface area contributed by atoms with Gasteiger partial charge >= 0.3 is 0 Å². The topological polar surface area (TPSA) is 62.7 Å². The molecule has 0 bridgehead atoms. The van der Waals surface area contributed by atoms with Gasteiger partial charge in [0.15, 0.2) is 6.61 Å². The lowest BCUT2D eigenvalue weighted by Gasteiger charge is -2.37. The summed E-state index contributed by atoms with van der Waals surface area (Å²) >= 11 is 6.17. The van der Waals surface area contributed by atoms with Crippen LogP contribution in [-0.4, -0.2) is 46.7 Å². The lowest BCUT2D eigenvalue weighted by Crippen LogP contribution is -2.48. The van der Waals surface area contributed by atoms with Gasteiger partial charge in [0.2, 0.25) is 0 Å². The number of pyridine rings is 1. The number of aliphatic hydroxyl groups excluding tert-OH is 1. The Morgan fingerprint density at radius 1 is 1.42 bits per heavy atom. The molecule has 1 N–H and O–H groups in total. The number of hydrogen-bond donors (Lipinski definition) is 1. The third-order valence-electron chi connectivity index (χ3n) is 4.59. The molecule has 2 unspecified atom stereocenters. The Hall–Kier alpha value is -1.85. The van der Waals surface area contributed by atoms with Crippen LogP contribution >= 0.6 is 11.6 Å². The van der Waals surface area contributed by atoms with Crippen LogP contribution in [0.4, 0.5) is 0 Å². The summed E-state index contributed by atoms with van der Waals surface area (Å²) in [5, 5.41) is 10.7. The lowest BCUT2D eigenvalue weighted by molar-refractivity contribution is -0.138. The predicted molar refractivity (Wildman–Crippen MR) is 93.2 cm³/mol. The summed E-state index contributed by atoms with van der Waals surface area (Å²) in [6, 6.07) is 7.34. The Morgan fingerprint density at radius 2 is 2.25 bits per heavy atom. The molecule has 2 heterocycles. The molecule has 128 valence electrons. The second-order valence-electron chi connectivity index (χ2n) is 6.25. The van der Waals surface area contributed by atoms with Crippen molar-refractivity contribution in [2.75, 3.05) is 19.8 Å². The molecule has 1 aromatic heterocycles. The number of likely N-dealkylation sites (tertiary alicyclic amines) is 1. The van der Waals surface area contributed by atoms with E-state index in [1.807, 2.05) is 19.1 Å². The van der Waals surface area contributed by atoms with Gasteiger partial charge in [0.25, 0.3) is 5.91 Å². The molecular weight excluding hydrogens is 328 g/mol. The SMILES string of the molecule is CC1CCC(CO)CN1C(=O)COc1ccc(Cl)c2cccnc12. The fourth-order valence-electron chi connectivity index (χ4n) is 3.13. The minimum absolute atomic E-state index is 0.0458. The van der Waals surface area contributed by atoms with Gasteiger partial charge < -0.3 is 14.7 Å². The van der Waals surface area contributed by atoms with Crippen molar-refractivity contribution in [1.29, 1.82) is 0 Å². The van der Waals surface area contributed by atoms with E-state index in [1.54, 1.807) is 23.2 Å². The molecule has 24 heavy (non-hydrogen) atoms. The van der Waals surface area contributed by atoms with E-state index < -0.39 is 0 Å². The van der Waals surface area contributed by atoms with E-state index >= 15 is 0 Å². The number of aliphatic hydroxyl groups is 1. The molecular formula is C18H21ClN2O3. The number of aromatic nitrogens is 1. The number of carbonyl (C=O) groups is 1. The Labute approximate surface area is 146 Å². The van der Waals surface area contributed by atoms with E-state index in [1.165, 1.54) is 0 Å². The highest BCUT2D eigenvalue weighted by molar-refractivity contribution is 6.35. The van der Waals surface area contributed by atoms with E-state index in [0.29, 0.717) is 22.8 Å². The molecule has 2 aromatic rings. The van der Waals surface area contributed by atoms with Crippen LogP contribution in [0.25, 0.3) is 10.9 Å². The number of fused-ring (bicyclic) bond motifs is 1. The second kappa shape index (κ2) is 7.36. The maximum atomic E-state index is 12.5. The molecule has 6 heteroatoms. The van der Waals surface area contributed by atoms with Gasteiger partial charge in [0.05, 0.1) is 5.02 Å². The summed E-state index contributed by atoms with van der Waals surface area (Å²) in [6.45, 7) is 2.68. The molecule has 1 aliphatic heterocycles. The van der Waals surface area contributed by atoms with Crippen molar-refractivity contribution in [3.8, 4) is 5.75 Å². The van der Waals surface area contributed by atoms with Crippen LogP contribution in [0.5, 0.6) is 5.75 Å². The summed E-state index contributed by atoms with van der Waals surface area (Å²) in [7, 11) is 0. The maximum Gasteiger partial charge on any atom is 0.260 e. The summed E-state index contributed by atoms with van der Waals surface area (Å²) in [6.07, 6.45) is 3.53. The molecule has 1 fully saturated rings. The number of nitrogens with zero attached hydrogens (tertiary/aromatic N) is 2. The Bertz CT molecular complexity index is 737. The second-order valence-corrected chi connectivity index (χ2v) is 6.66. The van der Waals surface area contributed by atoms with Crippen LogP contribution in [0.1, 0.15) is 19.8 Å². The smallest absolute Gasteiger partial charge is 0.260 e. The molecule has 5 nitrogen and oxygen atoms in total. The predicted octanol–water partition coefficient (Wildman–Crippen LogP) is 2.89. The monoisotopic (exact) mass is 348 g/mol. The number of hydrogen-bond acceptors (Lipinski definition) is 4. The molecule has 1 amide bonds. The average Bonchev–Trinajstić information content (AvgIpc) is 2.61. The van der Waals surface area contributed by atoms with E-state index in [-0.39, 0.29) is 31.1 Å². The first kappa shape index (κ1) is 17.0. The molecule has 1 saturated heterocycles. The minimum Gasteiger partial charge on any atom is -0.481 e. The van der Waals surface area contributed by atoms with Crippen molar-refractivity contribution in [2.45, 2.75) is 25.8 Å². The molecule has 3 rings (SSSR count). The Morgan fingerprint density at radius 3 is 3.04 bits per heavy atom. The fourth-order valence-corrected chi connectivity index (χ4v) is 3.35. The van der Waals surface area contributed by atoms with Crippen molar-refractivity contribution >= 4 is 28.4 Å². The number of piperidine rings is 1. The molecule has 1 aliphatic rings. The first-order valence-electron chi connectivity index (χ1n) is 8.16. The number of amides is 1. The highest BCUT2D eigenvalue weighted by Crippen LogP contribution is 2.30. The zero-order chi connectivity index (χ0) is 17.1. The number of rotatable bonds is 4. The third-order valence-corrected chi connectivity index (χ3v) is 4.92. The van der Waals surface area contributed by atoms with Gasteiger partial charge in [-0.05, 0) is 49.9 Å². The van der Waals surface area contributed by atoms with Crippen LogP contribution in [0.2, 0.25) is 5.02 Å². The van der Waals surface area contributed by atoms with Crippen LogP contribution < -0.4 is 4.74 Å². The summed E-state index contributed by atoms with van der Waals surface area (Å²) in [5.41, 5.74) is 0.651. The molecule has 0 spiro atoms. The third kappa shape index (κ3) is 3.47. The average molecular weight is 349 g/mol. The van der Waals surface area contributed by atoms with Crippen LogP contribution in [0.15, 0.2) is 30.5 Å². The Kier molecular flexibility index (Phi) is 5.21. The summed E-state index contributed by atoms with van der Waals surface area (Å²) in [4.78, 5) is 18.6. The van der Waals surface area contributed by atoms with Gasteiger partial charge in [0.1, 0.15) is 11.3 Å². The summed E-state index contributed by atoms with van der Waals surface area (Å²) in [5.74, 6) is 0.634. The highest BCUT2D eigenvalue weighted by Gasteiger charge is 2.28. The standard InChI is InChI=1S/C18H21ClN2O3/c1-12-4-5-13(10-22)9-21(12)17(23)11-24-16-7-6-15(19)14-3-2-8-20-18(14)16/h2-3,6-8,12-13,22H,4-5,9-11H2,1H3. The Balaban J connectivity index is 1.71. The van der Waals surface area contributed by atoms with Crippen molar-refractivity contribution in [1.82, 2.24) is 9.88 Å². The van der Waals surface area contributed by atoms with Crippen molar-refractivity contribution < 1.29 is 14.6 Å². The van der Waals surface area contributed by atoms with Crippen molar-refractivity contribution in [2.24, 2.45) is 5.92 Å². The van der Waals surface area contributed by atoms with Gasteiger partial charge in [-0.25, -0.2) is 0 Å². The molecule has 0 aliphatic carbocycles. The van der Waals surface area contributed by atoms with Crippen molar-refractivity contribution in [3.63, 3.8) is 0 Å². The van der Waals surface area contributed by atoms with E-state index in [9.17, 15) is 9.90 Å². The molecule has 1 aromatic carbocycles. The number of ether oxygens (including phenoxy) is 1. The van der Waals surface area contributed by atoms with Gasteiger partial charge in [0, 0.05) is 30.8 Å². The quantitative estimate of drug-likeness (QED) is 0.922. The highest BCUT2D eigenvalue weighted by atomic mass is 35.5. The zero-order valence-corrected chi connectivity index (χ0v) is 14.4. The van der Waals surface area contributed by atoms with E-state index in [4.69, 9.17) is 16.3 Å².